The van der Waals surface area contributed by atoms with E-state index in [0.29, 0.717) is 17.1 Å². The number of nitrogens with one attached hydrogen (secondary N) is 1. The molecule has 0 spiro atoms. The highest BCUT2D eigenvalue weighted by Crippen LogP contribution is 2.32. The van der Waals surface area contributed by atoms with Crippen molar-refractivity contribution in [1.29, 1.82) is 0 Å². The topological polar surface area (TPSA) is 134 Å². The molecule has 2 aromatic carbocycles. The maximum atomic E-state index is 11.9. The predicted molar refractivity (Wildman–Crippen MR) is 99.0 cm³/mol. The summed E-state index contributed by atoms with van der Waals surface area (Å²) in [6.45, 7) is -0.385. The van der Waals surface area contributed by atoms with Crippen LogP contribution in [0.15, 0.2) is 53.4 Å². The number of rotatable bonds is 6. The summed E-state index contributed by atoms with van der Waals surface area (Å²) < 4.78 is 37.9. The van der Waals surface area contributed by atoms with Gasteiger partial charge in [-0.15, -0.1) is 0 Å². The number of carbonyl (C=O) groups excluding carboxylic acids is 2. The average Bonchev–Trinajstić information content (AvgIpc) is 3.12. The van der Waals surface area contributed by atoms with Crippen molar-refractivity contribution in [2.24, 2.45) is 5.14 Å². The Balaban J connectivity index is 1.51. The Morgan fingerprint density at radius 2 is 1.93 bits per heavy atom. The van der Waals surface area contributed by atoms with E-state index in [2.05, 4.69) is 5.32 Å². The van der Waals surface area contributed by atoms with Gasteiger partial charge in [0.25, 0.3) is 5.91 Å². The molecule has 0 bridgehead atoms. The normalized spacial score (nSPS) is 12.8. The Hall–Kier alpha value is -3.37. The fourth-order valence-corrected chi connectivity index (χ4v) is 2.87. The lowest BCUT2D eigenvalue weighted by Gasteiger charge is -2.06. The van der Waals surface area contributed by atoms with Gasteiger partial charge in [-0.1, -0.05) is 12.1 Å². The zero-order chi connectivity index (χ0) is 20.1. The molecule has 0 saturated heterocycles. The van der Waals surface area contributed by atoms with E-state index in [1.165, 1.54) is 36.4 Å². The lowest BCUT2D eigenvalue weighted by molar-refractivity contribution is -0.142. The molecule has 0 fully saturated rings. The number of nitrogens with two attached hydrogens (primary N) is 1. The van der Waals surface area contributed by atoms with E-state index in [1.807, 2.05) is 0 Å². The molecule has 3 rings (SSSR count). The SMILES string of the molecule is NS(=O)(=O)c1cccc(NC(=O)COC(=O)/C=C/c2ccc3c(c2)OCO3)c1. The van der Waals surface area contributed by atoms with Crippen LogP contribution < -0.4 is 19.9 Å². The van der Waals surface area contributed by atoms with E-state index in [9.17, 15) is 18.0 Å². The lowest BCUT2D eigenvalue weighted by atomic mass is 10.2. The largest absolute Gasteiger partial charge is 0.454 e. The van der Waals surface area contributed by atoms with E-state index < -0.39 is 28.5 Å². The summed E-state index contributed by atoms with van der Waals surface area (Å²) in [5.41, 5.74) is 0.911. The van der Waals surface area contributed by atoms with Gasteiger partial charge < -0.3 is 19.5 Å². The standard InChI is InChI=1S/C18H16N2O7S/c19-28(23,24)14-3-1-2-13(9-14)20-17(21)10-25-18(22)7-5-12-4-6-15-16(8-12)27-11-26-15/h1-9H,10-11H2,(H,20,21)(H2,19,23,24)/b7-5+. The number of hydrogen-bond donors (Lipinski definition) is 2. The monoisotopic (exact) mass is 404 g/mol. The lowest BCUT2D eigenvalue weighted by Crippen LogP contribution is -2.20. The smallest absolute Gasteiger partial charge is 0.331 e. The Labute approximate surface area is 160 Å². The van der Waals surface area contributed by atoms with Crippen molar-refractivity contribution < 1.29 is 32.2 Å². The highest BCUT2D eigenvalue weighted by atomic mass is 32.2. The first-order valence-electron chi connectivity index (χ1n) is 7.98. The van der Waals surface area contributed by atoms with Gasteiger partial charge in [-0.05, 0) is 42.0 Å². The average molecular weight is 404 g/mol. The van der Waals surface area contributed by atoms with Crippen LogP contribution in [-0.4, -0.2) is 33.7 Å². The van der Waals surface area contributed by atoms with Crippen molar-refractivity contribution in [3.8, 4) is 11.5 Å². The Morgan fingerprint density at radius 3 is 2.71 bits per heavy atom. The van der Waals surface area contributed by atoms with E-state index in [1.54, 1.807) is 18.2 Å². The molecule has 1 amide bonds. The second kappa shape index (κ2) is 8.11. The third kappa shape index (κ3) is 5.09. The molecule has 1 aliphatic rings. The first kappa shape index (κ1) is 19.4. The van der Waals surface area contributed by atoms with Crippen molar-refractivity contribution in [2.45, 2.75) is 4.90 Å². The predicted octanol–water partition coefficient (Wildman–Crippen LogP) is 1.26. The molecule has 3 N–H and O–H groups in total. The number of primary sulfonamides is 1. The zero-order valence-electron chi connectivity index (χ0n) is 14.5. The van der Waals surface area contributed by atoms with Crippen LogP contribution in [-0.2, 0) is 24.3 Å². The summed E-state index contributed by atoms with van der Waals surface area (Å²) in [5, 5.41) is 7.45. The zero-order valence-corrected chi connectivity index (χ0v) is 15.3. The first-order chi connectivity index (χ1) is 13.3. The number of benzene rings is 2. The Kier molecular flexibility index (Phi) is 5.62. The maximum Gasteiger partial charge on any atom is 0.331 e. The molecule has 0 saturated carbocycles. The van der Waals surface area contributed by atoms with Crippen LogP contribution in [0.2, 0.25) is 0 Å². The summed E-state index contributed by atoms with van der Waals surface area (Å²) in [6.07, 6.45) is 2.68. The fraction of sp³-hybridized carbons (Fsp3) is 0.111. The number of carbonyl (C=O) groups is 2. The van der Waals surface area contributed by atoms with Gasteiger partial charge >= 0.3 is 5.97 Å². The van der Waals surface area contributed by atoms with Crippen LogP contribution in [0.1, 0.15) is 5.56 Å². The number of anilines is 1. The molecule has 0 aromatic heterocycles. The summed E-state index contributed by atoms with van der Waals surface area (Å²) in [7, 11) is -3.89. The third-order valence-electron chi connectivity index (χ3n) is 3.60. The number of hydrogen-bond acceptors (Lipinski definition) is 7. The highest BCUT2D eigenvalue weighted by molar-refractivity contribution is 7.89. The molecular formula is C18H16N2O7S. The molecule has 1 heterocycles. The molecule has 10 heteroatoms. The van der Waals surface area contributed by atoms with Crippen molar-refractivity contribution in [3.05, 3.63) is 54.1 Å². The molecule has 9 nitrogen and oxygen atoms in total. The van der Waals surface area contributed by atoms with Crippen LogP contribution in [0.4, 0.5) is 5.69 Å². The van der Waals surface area contributed by atoms with Crippen molar-refractivity contribution in [2.75, 3.05) is 18.7 Å². The van der Waals surface area contributed by atoms with Crippen LogP contribution in [0.3, 0.4) is 0 Å². The van der Waals surface area contributed by atoms with Crippen LogP contribution in [0.25, 0.3) is 6.08 Å². The van der Waals surface area contributed by atoms with Crippen molar-refractivity contribution >= 4 is 33.7 Å². The molecule has 0 atom stereocenters. The Morgan fingerprint density at radius 1 is 1.14 bits per heavy atom. The van der Waals surface area contributed by atoms with Gasteiger partial charge in [0.2, 0.25) is 16.8 Å². The van der Waals surface area contributed by atoms with E-state index in [4.69, 9.17) is 19.3 Å². The molecular weight excluding hydrogens is 388 g/mol. The van der Waals surface area contributed by atoms with Crippen molar-refractivity contribution in [1.82, 2.24) is 0 Å². The van der Waals surface area contributed by atoms with Gasteiger partial charge in [0, 0.05) is 11.8 Å². The van der Waals surface area contributed by atoms with Crippen LogP contribution in [0, 0.1) is 0 Å². The van der Waals surface area contributed by atoms with Gasteiger partial charge in [-0.3, -0.25) is 4.79 Å². The summed E-state index contributed by atoms with van der Waals surface area (Å²) in [5.74, 6) is -0.137. The first-order valence-corrected chi connectivity index (χ1v) is 9.53. The quantitative estimate of drug-likeness (QED) is 0.547. The maximum absolute atomic E-state index is 11.9. The second-order valence-corrected chi connectivity index (χ2v) is 7.24. The second-order valence-electron chi connectivity index (χ2n) is 5.67. The number of ether oxygens (including phenoxy) is 3. The minimum absolute atomic E-state index is 0.144. The molecule has 0 radical (unpaired) electrons. The number of fused-ring (bicyclic) bond motifs is 1. The highest BCUT2D eigenvalue weighted by Gasteiger charge is 2.13. The fourth-order valence-electron chi connectivity index (χ4n) is 2.31. The number of amides is 1. The van der Waals surface area contributed by atoms with Gasteiger partial charge in [-0.2, -0.15) is 0 Å². The van der Waals surface area contributed by atoms with Gasteiger partial charge in [-0.25, -0.2) is 18.4 Å². The van der Waals surface area contributed by atoms with E-state index >= 15 is 0 Å². The number of esters is 1. The summed E-state index contributed by atoms with van der Waals surface area (Å²) in [4.78, 5) is 23.5. The van der Waals surface area contributed by atoms with Crippen molar-refractivity contribution in [3.63, 3.8) is 0 Å². The molecule has 0 unspecified atom stereocenters. The third-order valence-corrected chi connectivity index (χ3v) is 4.51. The summed E-state index contributed by atoms with van der Waals surface area (Å²) in [6, 6.07) is 10.6. The minimum atomic E-state index is -3.89. The van der Waals surface area contributed by atoms with Gasteiger partial charge in [0.15, 0.2) is 18.1 Å². The molecule has 1 aliphatic heterocycles. The minimum Gasteiger partial charge on any atom is -0.454 e. The molecule has 2 aromatic rings. The van der Waals surface area contributed by atoms with E-state index in [-0.39, 0.29) is 17.4 Å². The van der Waals surface area contributed by atoms with Gasteiger partial charge in [0.1, 0.15) is 0 Å². The van der Waals surface area contributed by atoms with E-state index in [0.717, 1.165) is 0 Å². The molecule has 28 heavy (non-hydrogen) atoms. The van der Waals surface area contributed by atoms with Crippen LogP contribution >= 0.6 is 0 Å². The van der Waals surface area contributed by atoms with Gasteiger partial charge in [0.05, 0.1) is 4.90 Å². The van der Waals surface area contributed by atoms with Crippen LogP contribution in [0.5, 0.6) is 11.5 Å². The molecule has 0 aliphatic carbocycles. The Bertz CT molecular complexity index is 1050. The summed E-state index contributed by atoms with van der Waals surface area (Å²) >= 11 is 0. The molecule has 146 valence electrons. The number of sulfonamides is 1.